The summed E-state index contributed by atoms with van der Waals surface area (Å²) < 4.78 is 11.2. The van der Waals surface area contributed by atoms with Gasteiger partial charge in [-0.3, -0.25) is 9.59 Å². The maximum absolute atomic E-state index is 12.1. The van der Waals surface area contributed by atoms with Gasteiger partial charge in [-0.15, -0.1) is 0 Å². The third kappa shape index (κ3) is 2.20. The molecule has 0 radical (unpaired) electrons. The number of ketones is 1. The SMILES string of the molecule is CC1CC2OC(=O)C(C)C2CCC2(C)OC2CC1=O. The van der Waals surface area contributed by atoms with Crippen molar-refractivity contribution in [3.05, 3.63) is 0 Å². The van der Waals surface area contributed by atoms with E-state index in [1.165, 1.54) is 0 Å². The smallest absolute Gasteiger partial charge is 0.309 e. The first-order valence-electron chi connectivity index (χ1n) is 7.32. The van der Waals surface area contributed by atoms with Crippen LogP contribution < -0.4 is 0 Å². The molecular weight excluding hydrogens is 244 g/mol. The van der Waals surface area contributed by atoms with Crippen LogP contribution in [0.4, 0.5) is 0 Å². The summed E-state index contributed by atoms with van der Waals surface area (Å²) in [5, 5.41) is 0. The first-order valence-corrected chi connectivity index (χ1v) is 7.32. The molecule has 0 spiro atoms. The van der Waals surface area contributed by atoms with Gasteiger partial charge in [-0.05, 0) is 26.2 Å². The molecule has 0 aromatic carbocycles. The number of Topliss-reactive ketones (excluding diaryl/α,β-unsaturated/α-hetero) is 1. The summed E-state index contributed by atoms with van der Waals surface area (Å²) in [5.41, 5.74) is -0.150. The zero-order valence-corrected chi connectivity index (χ0v) is 11.8. The lowest BCUT2D eigenvalue weighted by atomic mass is 9.79. The second-order valence-electron chi connectivity index (χ2n) is 6.69. The van der Waals surface area contributed by atoms with Gasteiger partial charge in [-0.2, -0.15) is 0 Å². The van der Waals surface area contributed by atoms with Crippen LogP contribution in [0, 0.1) is 17.8 Å². The molecule has 0 amide bonds. The van der Waals surface area contributed by atoms with Crippen molar-refractivity contribution in [2.45, 2.75) is 64.3 Å². The lowest BCUT2D eigenvalue weighted by molar-refractivity contribution is -0.145. The van der Waals surface area contributed by atoms with Crippen molar-refractivity contribution < 1.29 is 19.1 Å². The average molecular weight is 266 g/mol. The molecule has 6 atom stereocenters. The fourth-order valence-electron chi connectivity index (χ4n) is 3.59. The number of rotatable bonds is 0. The molecular formula is C15H22O4. The van der Waals surface area contributed by atoms with Crippen molar-refractivity contribution in [3.8, 4) is 0 Å². The Balaban J connectivity index is 1.81. The minimum absolute atomic E-state index is 0.0443. The molecule has 0 bridgehead atoms. The van der Waals surface area contributed by atoms with E-state index in [4.69, 9.17) is 9.47 Å². The molecule has 19 heavy (non-hydrogen) atoms. The Morgan fingerprint density at radius 3 is 2.74 bits per heavy atom. The monoisotopic (exact) mass is 266 g/mol. The van der Waals surface area contributed by atoms with Gasteiger partial charge in [0.2, 0.25) is 0 Å². The Hall–Kier alpha value is -0.900. The number of epoxide rings is 1. The van der Waals surface area contributed by atoms with Crippen molar-refractivity contribution in [3.63, 3.8) is 0 Å². The van der Waals surface area contributed by atoms with Gasteiger partial charge in [0.05, 0.1) is 17.6 Å². The van der Waals surface area contributed by atoms with Crippen LogP contribution in [-0.2, 0) is 19.1 Å². The van der Waals surface area contributed by atoms with Gasteiger partial charge in [0.15, 0.2) is 0 Å². The lowest BCUT2D eigenvalue weighted by Crippen LogP contribution is -2.29. The number of carbonyl (C=O) groups excluding carboxylic acids is 2. The first-order chi connectivity index (χ1) is 8.90. The topological polar surface area (TPSA) is 55.9 Å². The zero-order valence-electron chi connectivity index (χ0n) is 11.8. The van der Waals surface area contributed by atoms with E-state index in [1.807, 2.05) is 13.8 Å². The summed E-state index contributed by atoms with van der Waals surface area (Å²) in [5.74, 6) is 0.282. The molecule has 2 heterocycles. The van der Waals surface area contributed by atoms with E-state index in [2.05, 4.69) is 6.92 Å². The van der Waals surface area contributed by atoms with Crippen molar-refractivity contribution >= 4 is 11.8 Å². The molecule has 3 rings (SSSR count). The Morgan fingerprint density at radius 1 is 1.26 bits per heavy atom. The molecule has 4 heteroatoms. The molecule has 4 nitrogen and oxygen atoms in total. The minimum atomic E-state index is -0.150. The van der Waals surface area contributed by atoms with Crippen molar-refractivity contribution in [2.24, 2.45) is 17.8 Å². The molecule has 0 N–H and O–H groups in total. The number of carbonyl (C=O) groups is 2. The normalized spacial score (nSPS) is 50.2. The van der Waals surface area contributed by atoms with E-state index in [-0.39, 0.29) is 47.3 Å². The largest absolute Gasteiger partial charge is 0.462 e. The molecule has 0 aromatic rings. The minimum Gasteiger partial charge on any atom is -0.462 e. The molecule has 2 saturated heterocycles. The molecule has 0 aromatic heterocycles. The summed E-state index contributed by atoms with van der Waals surface area (Å²) in [6.07, 6.45) is 3.06. The summed E-state index contributed by atoms with van der Waals surface area (Å²) in [7, 11) is 0. The summed E-state index contributed by atoms with van der Waals surface area (Å²) in [6, 6.07) is 0. The molecule has 106 valence electrons. The summed E-state index contributed by atoms with van der Waals surface area (Å²) in [4.78, 5) is 23.9. The highest BCUT2D eigenvalue weighted by Gasteiger charge is 2.55. The predicted octanol–water partition coefficient (Wildman–Crippen LogP) is 2.10. The Kier molecular flexibility index (Phi) is 2.97. The summed E-state index contributed by atoms with van der Waals surface area (Å²) in [6.45, 7) is 5.96. The molecule has 1 saturated carbocycles. The van der Waals surface area contributed by atoms with Gasteiger partial charge >= 0.3 is 5.97 Å². The Bertz CT molecular complexity index is 418. The molecule has 3 fully saturated rings. The third-order valence-electron chi connectivity index (χ3n) is 5.29. The third-order valence-corrected chi connectivity index (χ3v) is 5.29. The standard InChI is InChI=1S/C15H22O4/c1-8-6-12-10(9(2)14(17)18-12)4-5-15(3)13(19-15)7-11(8)16/h8-10,12-13H,4-7H2,1-3H3. The van der Waals surface area contributed by atoms with Gasteiger partial charge < -0.3 is 9.47 Å². The van der Waals surface area contributed by atoms with Crippen LogP contribution in [-0.4, -0.2) is 29.6 Å². The van der Waals surface area contributed by atoms with Crippen LogP contribution >= 0.6 is 0 Å². The number of hydrogen-bond donors (Lipinski definition) is 0. The molecule has 6 unspecified atom stereocenters. The number of ether oxygens (including phenoxy) is 2. The Morgan fingerprint density at radius 2 is 2.00 bits per heavy atom. The molecule has 2 aliphatic heterocycles. The summed E-state index contributed by atoms with van der Waals surface area (Å²) >= 11 is 0. The zero-order chi connectivity index (χ0) is 13.8. The number of esters is 1. The Labute approximate surface area is 113 Å². The average Bonchev–Trinajstić information content (AvgIpc) is 2.89. The van der Waals surface area contributed by atoms with Crippen molar-refractivity contribution in [1.29, 1.82) is 0 Å². The second kappa shape index (κ2) is 4.30. The van der Waals surface area contributed by atoms with E-state index < -0.39 is 0 Å². The number of hydrogen-bond acceptors (Lipinski definition) is 4. The van der Waals surface area contributed by atoms with E-state index in [0.717, 1.165) is 12.8 Å². The highest BCUT2D eigenvalue weighted by atomic mass is 16.6. The van der Waals surface area contributed by atoms with Crippen LogP contribution in [0.25, 0.3) is 0 Å². The lowest BCUT2D eigenvalue weighted by Gasteiger charge is -2.24. The van der Waals surface area contributed by atoms with Crippen molar-refractivity contribution in [1.82, 2.24) is 0 Å². The van der Waals surface area contributed by atoms with Gasteiger partial charge in [-0.25, -0.2) is 0 Å². The molecule has 3 aliphatic rings. The quantitative estimate of drug-likeness (QED) is 0.497. The van der Waals surface area contributed by atoms with E-state index in [0.29, 0.717) is 12.8 Å². The maximum atomic E-state index is 12.1. The van der Waals surface area contributed by atoms with Crippen LogP contribution in [0.3, 0.4) is 0 Å². The van der Waals surface area contributed by atoms with Crippen LogP contribution in [0.15, 0.2) is 0 Å². The van der Waals surface area contributed by atoms with Crippen LogP contribution in [0.1, 0.15) is 46.5 Å². The fourth-order valence-corrected chi connectivity index (χ4v) is 3.59. The van der Waals surface area contributed by atoms with E-state index in [9.17, 15) is 9.59 Å². The molecule has 1 aliphatic carbocycles. The highest BCUT2D eigenvalue weighted by Crippen LogP contribution is 2.47. The maximum Gasteiger partial charge on any atom is 0.309 e. The van der Waals surface area contributed by atoms with Crippen LogP contribution in [0.5, 0.6) is 0 Å². The first kappa shape index (κ1) is 13.1. The second-order valence-corrected chi connectivity index (χ2v) is 6.69. The van der Waals surface area contributed by atoms with Gasteiger partial charge in [0.25, 0.3) is 0 Å². The van der Waals surface area contributed by atoms with Gasteiger partial charge in [-0.1, -0.05) is 13.8 Å². The van der Waals surface area contributed by atoms with Gasteiger partial charge in [0, 0.05) is 18.3 Å². The van der Waals surface area contributed by atoms with E-state index >= 15 is 0 Å². The highest BCUT2D eigenvalue weighted by molar-refractivity contribution is 5.82. The predicted molar refractivity (Wildman–Crippen MR) is 68.5 cm³/mol. The number of fused-ring (bicyclic) bond motifs is 2. The van der Waals surface area contributed by atoms with Gasteiger partial charge in [0.1, 0.15) is 11.9 Å². The van der Waals surface area contributed by atoms with Crippen LogP contribution in [0.2, 0.25) is 0 Å². The van der Waals surface area contributed by atoms with E-state index in [1.54, 1.807) is 0 Å². The fraction of sp³-hybridized carbons (Fsp3) is 0.867. The van der Waals surface area contributed by atoms with Crippen molar-refractivity contribution in [2.75, 3.05) is 0 Å².